The number of nitrogens with one attached hydrogen (secondary N) is 1. The molecule has 4 heteroatoms. The van der Waals surface area contributed by atoms with Crippen molar-refractivity contribution in [3.8, 4) is 0 Å². The third-order valence-electron chi connectivity index (χ3n) is 2.03. The van der Waals surface area contributed by atoms with E-state index in [1.165, 1.54) is 5.69 Å². The van der Waals surface area contributed by atoms with Gasteiger partial charge in [-0.1, -0.05) is 0 Å². The summed E-state index contributed by atoms with van der Waals surface area (Å²) in [5.74, 6) is 0. The molecule has 0 aliphatic carbocycles. The van der Waals surface area contributed by atoms with Gasteiger partial charge in [0.25, 0.3) is 0 Å². The van der Waals surface area contributed by atoms with Crippen molar-refractivity contribution < 1.29 is 0 Å². The monoisotopic (exact) mass is 176 g/mol. The Morgan fingerprint density at radius 1 is 1.46 bits per heavy atom. The molecule has 0 spiro atoms. The molecule has 2 rings (SSSR count). The minimum atomic E-state index is 0.968. The molecule has 0 aliphatic rings. The zero-order chi connectivity index (χ0) is 9.10. The fourth-order valence-corrected chi connectivity index (χ4v) is 1.36. The number of aromatic nitrogens is 3. The molecule has 0 bridgehead atoms. The molecule has 0 aromatic carbocycles. The van der Waals surface area contributed by atoms with E-state index in [-0.39, 0.29) is 0 Å². The highest BCUT2D eigenvalue weighted by Gasteiger charge is 2.00. The Hall–Kier alpha value is -1.42. The first-order valence-corrected chi connectivity index (χ1v) is 4.33. The van der Waals surface area contributed by atoms with E-state index in [0.717, 1.165) is 18.5 Å². The zero-order valence-electron chi connectivity index (χ0n) is 7.57. The molecular formula is C9H12N4. The van der Waals surface area contributed by atoms with Crippen molar-refractivity contribution >= 4 is 5.52 Å². The van der Waals surface area contributed by atoms with Crippen LogP contribution in [0.15, 0.2) is 24.7 Å². The Labute approximate surface area is 76.6 Å². The molecule has 2 aromatic rings. The highest BCUT2D eigenvalue weighted by molar-refractivity contribution is 5.45. The second-order valence-electron chi connectivity index (χ2n) is 2.92. The summed E-state index contributed by atoms with van der Waals surface area (Å²) in [7, 11) is 1.95. The largest absolute Gasteiger partial charge is 0.319 e. The first-order chi connectivity index (χ1) is 6.42. The quantitative estimate of drug-likeness (QED) is 0.740. The first kappa shape index (κ1) is 8.19. The van der Waals surface area contributed by atoms with E-state index in [4.69, 9.17) is 0 Å². The smallest absolute Gasteiger partial charge is 0.136 e. The van der Waals surface area contributed by atoms with Gasteiger partial charge in [-0.05, 0) is 19.2 Å². The van der Waals surface area contributed by atoms with Crippen LogP contribution >= 0.6 is 0 Å². The van der Waals surface area contributed by atoms with Crippen LogP contribution in [0.4, 0.5) is 0 Å². The third-order valence-corrected chi connectivity index (χ3v) is 2.03. The Bertz CT molecular complexity index is 393. The lowest BCUT2D eigenvalue weighted by Crippen LogP contribution is -2.12. The molecule has 68 valence electrons. The molecule has 0 radical (unpaired) electrons. The summed E-state index contributed by atoms with van der Waals surface area (Å²) in [5.41, 5.74) is 2.26. The molecule has 0 fully saturated rings. The van der Waals surface area contributed by atoms with Crippen LogP contribution in [0.2, 0.25) is 0 Å². The lowest BCUT2D eigenvalue weighted by atomic mass is 10.3. The summed E-state index contributed by atoms with van der Waals surface area (Å²) in [5, 5.41) is 7.29. The van der Waals surface area contributed by atoms with E-state index in [1.807, 2.05) is 23.8 Å². The highest BCUT2D eigenvalue weighted by Crippen LogP contribution is 2.06. The Balaban J connectivity index is 2.35. The SMILES string of the molecule is CNCCc1ccc2cncnn12. The number of fused-ring (bicyclic) bond motifs is 1. The molecule has 0 saturated carbocycles. The molecule has 0 aliphatic heterocycles. The van der Waals surface area contributed by atoms with Crippen molar-refractivity contribution in [1.82, 2.24) is 19.9 Å². The Kier molecular flexibility index (Phi) is 2.23. The standard InChI is InChI=1S/C9H12N4/c1-10-5-4-8-2-3-9-6-11-7-12-13(8)9/h2-3,6-7,10H,4-5H2,1H3. The maximum atomic E-state index is 4.17. The predicted molar refractivity (Wildman–Crippen MR) is 50.6 cm³/mol. The third kappa shape index (κ3) is 1.53. The van der Waals surface area contributed by atoms with Crippen LogP contribution in [0.25, 0.3) is 5.52 Å². The average Bonchev–Trinajstić information content (AvgIpc) is 2.58. The van der Waals surface area contributed by atoms with E-state index >= 15 is 0 Å². The molecule has 0 amide bonds. The molecule has 0 saturated heterocycles. The Morgan fingerprint density at radius 3 is 3.23 bits per heavy atom. The van der Waals surface area contributed by atoms with Crippen LogP contribution < -0.4 is 5.32 Å². The highest BCUT2D eigenvalue weighted by atomic mass is 15.2. The van der Waals surface area contributed by atoms with Crippen molar-refractivity contribution in [1.29, 1.82) is 0 Å². The summed E-state index contributed by atoms with van der Waals surface area (Å²) in [6.07, 6.45) is 4.37. The summed E-state index contributed by atoms with van der Waals surface area (Å²) in [4.78, 5) is 3.96. The number of nitrogens with zero attached hydrogens (tertiary/aromatic N) is 3. The minimum absolute atomic E-state index is 0.968. The Morgan fingerprint density at radius 2 is 2.38 bits per heavy atom. The lowest BCUT2D eigenvalue weighted by Gasteiger charge is -1.99. The van der Waals surface area contributed by atoms with E-state index in [2.05, 4.69) is 21.5 Å². The van der Waals surface area contributed by atoms with Crippen molar-refractivity contribution in [2.75, 3.05) is 13.6 Å². The van der Waals surface area contributed by atoms with Crippen molar-refractivity contribution in [3.05, 3.63) is 30.4 Å². The van der Waals surface area contributed by atoms with Gasteiger partial charge in [-0.2, -0.15) is 5.10 Å². The number of likely N-dealkylation sites (N-methyl/N-ethyl adjacent to an activating group) is 1. The van der Waals surface area contributed by atoms with Crippen molar-refractivity contribution in [2.45, 2.75) is 6.42 Å². The van der Waals surface area contributed by atoms with Crippen LogP contribution in [-0.2, 0) is 6.42 Å². The van der Waals surface area contributed by atoms with Gasteiger partial charge in [0.15, 0.2) is 0 Å². The molecule has 13 heavy (non-hydrogen) atoms. The molecule has 2 heterocycles. The van der Waals surface area contributed by atoms with Gasteiger partial charge in [0.05, 0.1) is 11.7 Å². The van der Waals surface area contributed by atoms with Gasteiger partial charge < -0.3 is 5.32 Å². The van der Waals surface area contributed by atoms with Gasteiger partial charge in [-0.25, -0.2) is 9.50 Å². The minimum Gasteiger partial charge on any atom is -0.319 e. The van der Waals surface area contributed by atoms with Crippen molar-refractivity contribution in [3.63, 3.8) is 0 Å². The molecule has 4 nitrogen and oxygen atoms in total. The van der Waals surface area contributed by atoms with E-state index < -0.39 is 0 Å². The van der Waals surface area contributed by atoms with Crippen LogP contribution in [0.3, 0.4) is 0 Å². The fraction of sp³-hybridized carbons (Fsp3) is 0.333. The van der Waals surface area contributed by atoms with Crippen LogP contribution in [0, 0.1) is 0 Å². The summed E-state index contributed by atoms with van der Waals surface area (Å²) in [6, 6.07) is 4.12. The lowest BCUT2D eigenvalue weighted by molar-refractivity contribution is 0.744. The molecular weight excluding hydrogens is 164 g/mol. The van der Waals surface area contributed by atoms with Gasteiger partial charge in [-0.3, -0.25) is 0 Å². The van der Waals surface area contributed by atoms with Gasteiger partial charge in [0.2, 0.25) is 0 Å². The molecule has 1 N–H and O–H groups in total. The van der Waals surface area contributed by atoms with Crippen molar-refractivity contribution in [2.24, 2.45) is 0 Å². The predicted octanol–water partition coefficient (Wildman–Crippen LogP) is 0.491. The topological polar surface area (TPSA) is 42.2 Å². The van der Waals surface area contributed by atoms with E-state index in [1.54, 1.807) is 6.33 Å². The fourth-order valence-electron chi connectivity index (χ4n) is 1.36. The number of hydrogen-bond acceptors (Lipinski definition) is 3. The molecule has 0 unspecified atom stereocenters. The van der Waals surface area contributed by atoms with Gasteiger partial charge in [0.1, 0.15) is 6.33 Å². The number of hydrogen-bond donors (Lipinski definition) is 1. The average molecular weight is 176 g/mol. The second kappa shape index (κ2) is 3.53. The van der Waals surface area contributed by atoms with E-state index in [0.29, 0.717) is 0 Å². The van der Waals surface area contributed by atoms with Gasteiger partial charge >= 0.3 is 0 Å². The van der Waals surface area contributed by atoms with Crippen LogP contribution in [-0.4, -0.2) is 28.2 Å². The summed E-state index contributed by atoms with van der Waals surface area (Å²) in [6.45, 7) is 0.968. The van der Waals surface area contributed by atoms with Gasteiger partial charge in [0, 0.05) is 18.7 Å². The van der Waals surface area contributed by atoms with Gasteiger partial charge in [-0.15, -0.1) is 0 Å². The van der Waals surface area contributed by atoms with Crippen LogP contribution in [0.5, 0.6) is 0 Å². The second-order valence-corrected chi connectivity index (χ2v) is 2.92. The number of rotatable bonds is 3. The maximum Gasteiger partial charge on any atom is 0.136 e. The summed E-state index contributed by atoms with van der Waals surface area (Å²) >= 11 is 0. The maximum absolute atomic E-state index is 4.17. The van der Waals surface area contributed by atoms with Crippen LogP contribution in [0.1, 0.15) is 5.69 Å². The van der Waals surface area contributed by atoms with E-state index in [9.17, 15) is 0 Å². The molecule has 0 atom stereocenters. The zero-order valence-corrected chi connectivity index (χ0v) is 7.57. The molecule has 2 aromatic heterocycles. The first-order valence-electron chi connectivity index (χ1n) is 4.33. The normalized spacial score (nSPS) is 10.8. The summed E-state index contributed by atoms with van der Waals surface area (Å²) < 4.78 is 1.92.